The summed E-state index contributed by atoms with van der Waals surface area (Å²) in [5.74, 6) is -0.0791. The molecule has 3 rings (SSSR count). The second-order valence-corrected chi connectivity index (χ2v) is 4.52. The molecule has 3 heterocycles. The molecule has 0 N–H and O–H groups in total. The second-order valence-electron chi connectivity index (χ2n) is 4.52. The molecular weight excluding hydrogens is 227 g/mol. The molecule has 0 atom stereocenters. The molecule has 92 valence electrons. The number of likely N-dealkylation sites (tertiary alicyclic amines) is 2. The quantitative estimate of drug-likeness (QED) is 0.642. The first-order valence-electron chi connectivity index (χ1n) is 5.55. The fraction of sp³-hybridized carbons (Fsp3) is 0.778. The van der Waals surface area contributed by atoms with Crippen molar-refractivity contribution >= 4 is 5.91 Å². The highest BCUT2D eigenvalue weighted by Gasteiger charge is 2.41. The topological polar surface area (TPSA) is 67.2 Å². The fourth-order valence-electron chi connectivity index (χ4n) is 2.12. The lowest BCUT2D eigenvalue weighted by atomic mass is 10.0. The van der Waals surface area contributed by atoms with Crippen molar-refractivity contribution in [1.82, 2.24) is 30.0 Å². The van der Waals surface area contributed by atoms with Crippen molar-refractivity contribution in [2.24, 2.45) is 7.05 Å². The van der Waals surface area contributed by atoms with Gasteiger partial charge in [0.2, 0.25) is 0 Å². The van der Waals surface area contributed by atoms with Gasteiger partial charge in [0.25, 0.3) is 11.7 Å². The Morgan fingerprint density at radius 1 is 1.35 bits per heavy atom. The maximum atomic E-state index is 12.7. The Kier molecular flexibility index (Phi) is 2.32. The van der Waals surface area contributed by atoms with Gasteiger partial charge in [-0.1, -0.05) is 0 Å². The fourth-order valence-corrected chi connectivity index (χ4v) is 2.12. The van der Waals surface area contributed by atoms with Gasteiger partial charge in [-0.25, -0.2) is 4.39 Å². The Morgan fingerprint density at radius 3 is 2.59 bits per heavy atom. The Bertz CT molecular complexity index is 436. The van der Waals surface area contributed by atoms with Gasteiger partial charge in [0.05, 0.1) is 7.05 Å². The smallest absolute Gasteiger partial charge is 0.295 e. The molecule has 2 aliphatic heterocycles. The van der Waals surface area contributed by atoms with Crippen molar-refractivity contribution in [3.63, 3.8) is 0 Å². The zero-order valence-electron chi connectivity index (χ0n) is 9.45. The van der Waals surface area contributed by atoms with Gasteiger partial charge in [-0.15, -0.1) is 10.2 Å². The zero-order valence-corrected chi connectivity index (χ0v) is 9.45. The molecule has 2 fully saturated rings. The summed E-state index contributed by atoms with van der Waals surface area (Å²) in [6.07, 6.45) is -0.693. The Balaban J connectivity index is 1.53. The molecule has 1 aromatic rings. The number of hydrogen-bond donors (Lipinski definition) is 0. The third-order valence-corrected chi connectivity index (χ3v) is 3.23. The molecule has 0 aliphatic carbocycles. The van der Waals surface area contributed by atoms with E-state index in [1.54, 1.807) is 11.9 Å². The first-order valence-corrected chi connectivity index (χ1v) is 5.55. The van der Waals surface area contributed by atoms with Gasteiger partial charge in [-0.3, -0.25) is 9.69 Å². The molecule has 0 spiro atoms. The van der Waals surface area contributed by atoms with Gasteiger partial charge in [0.1, 0.15) is 6.17 Å². The van der Waals surface area contributed by atoms with Gasteiger partial charge in [-0.05, 0) is 5.21 Å². The van der Waals surface area contributed by atoms with E-state index in [0.717, 1.165) is 0 Å². The van der Waals surface area contributed by atoms with Crippen LogP contribution >= 0.6 is 0 Å². The molecule has 0 aromatic carbocycles. The van der Waals surface area contributed by atoms with Crippen LogP contribution in [0.25, 0.3) is 0 Å². The van der Waals surface area contributed by atoms with E-state index in [1.807, 2.05) is 0 Å². The van der Waals surface area contributed by atoms with E-state index in [1.165, 1.54) is 4.80 Å². The van der Waals surface area contributed by atoms with Gasteiger partial charge in [0, 0.05) is 32.2 Å². The highest BCUT2D eigenvalue weighted by molar-refractivity contribution is 5.90. The highest BCUT2D eigenvalue weighted by Crippen LogP contribution is 2.22. The van der Waals surface area contributed by atoms with Crippen LogP contribution < -0.4 is 0 Å². The lowest BCUT2D eigenvalue weighted by molar-refractivity contribution is -0.0328. The van der Waals surface area contributed by atoms with E-state index >= 15 is 0 Å². The molecule has 0 radical (unpaired) electrons. The minimum atomic E-state index is -0.693. The van der Waals surface area contributed by atoms with Crippen LogP contribution in [-0.4, -0.2) is 74.3 Å². The maximum absolute atomic E-state index is 12.7. The summed E-state index contributed by atoms with van der Waals surface area (Å²) >= 11 is 0. The summed E-state index contributed by atoms with van der Waals surface area (Å²) in [6.45, 7) is 2.25. The number of halogens is 1. The van der Waals surface area contributed by atoms with E-state index in [2.05, 4.69) is 20.3 Å². The maximum Gasteiger partial charge on any atom is 0.295 e. The van der Waals surface area contributed by atoms with Crippen molar-refractivity contribution in [2.75, 3.05) is 26.2 Å². The first-order chi connectivity index (χ1) is 8.13. The number of alkyl halides is 1. The summed E-state index contributed by atoms with van der Waals surface area (Å²) < 4.78 is 12.7. The SMILES string of the molecule is Cn1nnc(C(=O)N2CC(N3CC(F)C3)C2)n1. The number of hydrogen-bond acceptors (Lipinski definition) is 5. The zero-order chi connectivity index (χ0) is 12.0. The van der Waals surface area contributed by atoms with Gasteiger partial charge < -0.3 is 4.90 Å². The lowest BCUT2D eigenvalue weighted by Crippen LogP contribution is -2.66. The van der Waals surface area contributed by atoms with E-state index in [0.29, 0.717) is 32.2 Å². The van der Waals surface area contributed by atoms with E-state index in [-0.39, 0.29) is 11.7 Å². The standard InChI is InChI=1S/C9H13FN6O/c1-14-12-8(11-13-14)9(17)16-4-7(5-16)15-2-6(10)3-15/h6-7H,2-5H2,1H3. The number of nitrogens with zero attached hydrogens (tertiary/aromatic N) is 6. The third kappa shape index (κ3) is 1.78. The van der Waals surface area contributed by atoms with Crippen LogP contribution in [0.1, 0.15) is 10.6 Å². The van der Waals surface area contributed by atoms with Crippen molar-refractivity contribution in [3.05, 3.63) is 5.82 Å². The van der Waals surface area contributed by atoms with Crippen molar-refractivity contribution in [2.45, 2.75) is 12.2 Å². The van der Waals surface area contributed by atoms with Crippen LogP contribution in [0.3, 0.4) is 0 Å². The molecule has 7 nitrogen and oxygen atoms in total. The van der Waals surface area contributed by atoms with Gasteiger partial charge in [-0.2, -0.15) is 4.80 Å². The number of carbonyl (C=O) groups excluding carboxylic acids is 1. The summed E-state index contributed by atoms with van der Waals surface area (Å²) in [5, 5.41) is 11.1. The van der Waals surface area contributed by atoms with Crippen molar-refractivity contribution in [3.8, 4) is 0 Å². The van der Waals surface area contributed by atoms with E-state index in [4.69, 9.17) is 0 Å². The predicted molar refractivity (Wildman–Crippen MR) is 55.0 cm³/mol. The lowest BCUT2D eigenvalue weighted by Gasteiger charge is -2.49. The molecule has 8 heteroatoms. The van der Waals surface area contributed by atoms with Crippen LogP contribution in [0.15, 0.2) is 0 Å². The molecule has 0 bridgehead atoms. The van der Waals surface area contributed by atoms with Crippen LogP contribution in [0.5, 0.6) is 0 Å². The van der Waals surface area contributed by atoms with Crippen LogP contribution in [0.4, 0.5) is 4.39 Å². The van der Waals surface area contributed by atoms with Gasteiger partial charge >= 0.3 is 0 Å². The van der Waals surface area contributed by atoms with Crippen LogP contribution in [0.2, 0.25) is 0 Å². The van der Waals surface area contributed by atoms with Crippen molar-refractivity contribution in [1.29, 1.82) is 0 Å². The van der Waals surface area contributed by atoms with Crippen molar-refractivity contribution < 1.29 is 9.18 Å². The molecular formula is C9H13FN6O. The molecule has 2 aliphatic rings. The summed E-state index contributed by atoms with van der Waals surface area (Å²) in [5.41, 5.74) is 0. The number of aromatic nitrogens is 4. The highest BCUT2D eigenvalue weighted by atomic mass is 19.1. The number of carbonyl (C=O) groups is 1. The Hall–Kier alpha value is -1.57. The number of tetrazole rings is 1. The van der Waals surface area contributed by atoms with Crippen LogP contribution in [0, 0.1) is 0 Å². The molecule has 2 saturated heterocycles. The summed E-state index contributed by atoms with van der Waals surface area (Å²) in [6, 6.07) is 0.294. The molecule has 1 amide bonds. The molecule has 1 aromatic heterocycles. The van der Waals surface area contributed by atoms with E-state index < -0.39 is 6.17 Å². The van der Waals surface area contributed by atoms with Gasteiger partial charge in [0.15, 0.2) is 0 Å². The molecule has 0 saturated carbocycles. The number of aryl methyl sites for hydroxylation is 1. The largest absolute Gasteiger partial charge is 0.333 e. The minimum absolute atomic E-state index is 0.123. The second kappa shape index (κ2) is 3.73. The first kappa shape index (κ1) is 10.6. The minimum Gasteiger partial charge on any atom is -0.333 e. The monoisotopic (exact) mass is 240 g/mol. The normalized spacial score (nSPS) is 22.4. The summed E-state index contributed by atoms with van der Waals surface area (Å²) in [7, 11) is 1.62. The van der Waals surface area contributed by atoms with E-state index in [9.17, 15) is 9.18 Å². The average molecular weight is 240 g/mol. The molecule has 0 unspecified atom stereocenters. The molecule has 17 heavy (non-hydrogen) atoms. The average Bonchev–Trinajstić information content (AvgIpc) is 2.59. The predicted octanol–water partition coefficient (Wildman–Crippen LogP) is -1.31. The Morgan fingerprint density at radius 2 is 2.06 bits per heavy atom. The number of amides is 1. The summed E-state index contributed by atoms with van der Waals surface area (Å²) in [4.78, 5) is 16.8. The third-order valence-electron chi connectivity index (χ3n) is 3.23. The Labute approximate surface area is 97.2 Å². The van der Waals surface area contributed by atoms with Crippen LogP contribution in [-0.2, 0) is 7.05 Å². The number of rotatable bonds is 2.